The second-order valence-corrected chi connectivity index (χ2v) is 7.12. The van der Waals surface area contributed by atoms with Crippen LogP contribution in [0.3, 0.4) is 0 Å². The molecule has 0 radical (unpaired) electrons. The van der Waals surface area contributed by atoms with Crippen molar-refractivity contribution in [3.05, 3.63) is 0 Å². The van der Waals surface area contributed by atoms with Gasteiger partial charge in [-0.1, -0.05) is 22.9 Å². The zero-order valence-corrected chi connectivity index (χ0v) is 11.2. The summed E-state index contributed by atoms with van der Waals surface area (Å²) in [5.41, 5.74) is 0. The monoisotopic (exact) mass is 297 g/mol. The first kappa shape index (κ1) is 13.0. The van der Waals surface area contributed by atoms with Gasteiger partial charge in [0.05, 0.1) is 16.3 Å². The molecule has 1 amide bonds. The molecule has 1 atom stereocenters. The summed E-state index contributed by atoms with van der Waals surface area (Å²) in [4.78, 5) is 13.2. The highest BCUT2D eigenvalue weighted by atomic mass is 79.9. The van der Waals surface area contributed by atoms with Crippen LogP contribution in [0.1, 0.15) is 19.8 Å². The summed E-state index contributed by atoms with van der Waals surface area (Å²) in [5.74, 6) is 0.312. The number of amides is 1. The lowest BCUT2D eigenvalue weighted by atomic mass is 10.3. The van der Waals surface area contributed by atoms with Crippen LogP contribution < -0.4 is 0 Å². The molecule has 88 valence electrons. The minimum Gasteiger partial charge on any atom is -0.341 e. The first-order valence-electron chi connectivity index (χ1n) is 5.09. The first-order chi connectivity index (χ1) is 6.96. The molecule has 0 aromatic heterocycles. The minimum atomic E-state index is -2.93. The number of sulfone groups is 1. The molecule has 1 fully saturated rings. The minimum absolute atomic E-state index is 0.00889. The fourth-order valence-electron chi connectivity index (χ4n) is 1.53. The van der Waals surface area contributed by atoms with Crippen molar-refractivity contribution >= 4 is 31.7 Å². The molecule has 0 saturated carbocycles. The van der Waals surface area contributed by atoms with E-state index in [9.17, 15) is 13.2 Å². The lowest BCUT2D eigenvalue weighted by Gasteiger charge is -2.22. The highest BCUT2D eigenvalue weighted by Gasteiger charge is 2.25. The lowest BCUT2D eigenvalue weighted by Crippen LogP contribution is -2.38. The topological polar surface area (TPSA) is 54.5 Å². The van der Waals surface area contributed by atoms with E-state index < -0.39 is 9.84 Å². The number of carbonyl (C=O) groups excluding carboxylic acids is 1. The Kier molecular flexibility index (Phi) is 4.58. The maximum Gasteiger partial charge on any atom is 0.236 e. The Morgan fingerprint density at radius 1 is 1.40 bits per heavy atom. The molecule has 0 bridgehead atoms. The van der Waals surface area contributed by atoms with Gasteiger partial charge in [-0.25, -0.2) is 8.42 Å². The van der Waals surface area contributed by atoms with E-state index in [1.807, 2.05) is 6.92 Å². The summed E-state index contributed by atoms with van der Waals surface area (Å²) >= 11 is 3.29. The molecule has 0 N–H and O–H groups in total. The van der Waals surface area contributed by atoms with Crippen LogP contribution >= 0.6 is 15.9 Å². The van der Waals surface area contributed by atoms with Gasteiger partial charge < -0.3 is 4.90 Å². The SMILES string of the molecule is CCC(Br)C(=O)N1CCCS(=O)(=O)CC1. The van der Waals surface area contributed by atoms with E-state index in [0.29, 0.717) is 19.5 Å². The zero-order valence-electron chi connectivity index (χ0n) is 8.78. The van der Waals surface area contributed by atoms with Gasteiger partial charge >= 0.3 is 0 Å². The Morgan fingerprint density at radius 2 is 2.07 bits per heavy atom. The molecular weight excluding hydrogens is 282 g/mol. The Balaban J connectivity index is 2.62. The Labute approximate surface area is 99.1 Å². The summed E-state index contributed by atoms with van der Waals surface area (Å²) in [6.45, 7) is 2.81. The van der Waals surface area contributed by atoms with Crippen molar-refractivity contribution in [3.63, 3.8) is 0 Å². The van der Waals surface area contributed by atoms with E-state index in [-0.39, 0.29) is 22.2 Å². The summed E-state index contributed by atoms with van der Waals surface area (Å²) in [7, 11) is -2.93. The second-order valence-electron chi connectivity index (χ2n) is 3.71. The van der Waals surface area contributed by atoms with Crippen LogP contribution in [-0.4, -0.2) is 48.6 Å². The number of hydrogen-bond acceptors (Lipinski definition) is 3. The normalized spacial score (nSPS) is 23.2. The molecule has 1 rings (SSSR count). The van der Waals surface area contributed by atoms with Gasteiger partial charge in [0.1, 0.15) is 0 Å². The van der Waals surface area contributed by atoms with Crippen molar-refractivity contribution in [2.75, 3.05) is 24.6 Å². The van der Waals surface area contributed by atoms with Crippen molar-refractivity contribution in [2.24, 2.45) is 0 Å². The smallest absolute Gasteiger partial charge is 0.236 e. The molecule has 4 nitrogen and oxygen atoms in total. The number of carbonyl (C=O) groups is 1. The molecule has 1 heterocycles. The molecule has 15 heavy (non-hydrogen) atoms. The highest BCUT2D eigenvalue weighted by Crippen LogP contribution is 2.12. The zero-order chi connectivity index (χ0) is 11.5. The van der Waals surface area contributed by atoms with Gasteiger partial charge in [0.25, 0.3) is 0 Å². The van der Waals surface area contributed by atoms with Gasteiger partial charge in [-0.2, -0.15) is 0 Å². The standard InChI is InChI=1S/C9H16BrNO3S/c1-2-8(10)9(12)11-4-3-6-15(13,14)7-5-11/h8H,2-7H2,1H3. The number of nitrogens with zero attached hydrogens (tertiary/aromatic N) is 1. The molecule has 1 aliphatic heterocycles. The van der Waals surface area contributed by atoms with Crippen LogP contribution in [0.5, 0.6) is 0 Å². The number of alkyl halides is 1. The maximum atomic E-state index is 11.8. The van der Waals surface area contributed by atoms with E-state index >= 15 is 0 Å². The van der Waals surface area contributed by atoms with Crippen molar-refractivity contribution in [1.82, 2.24) is 4.90 Å². The van der Waals surface area contributed by atoms with Gasteiger partial charge in [0, 0.05) is 13.1 Å². The number of rotatable bonds is 2. The largest absolute Gasteiger partial charge is 0.341 e. The van der Waals surface area contributed by atoms with Gasteiger partial charge in [0.15, 0.2) is 9.84 Å². The van der Waals surface area contributed by atoms with Crippen LogP contribution in [0.4, 0.5) is 0 Å². The third-order valence-electron chi connectivity index (χ3n) is 2.49. The van der Waals surface area contributed by atoms with Gasteiger partial charge in [0.2, 0.25) is 5.91 Å². The molecule has 0 spiro atoms. The fourth-order valence-corrected chi connectivity index (χ4v) is 3.09. The molecule has 1 saturated heterocycles. The van der Waals surface area contributed by atoms with Gasteiger partial charge in [-0.05, 0) is 12.8 Å². The second kappa shape index (κ2) is 5.30. The molecule has 0 aromatic carbocycles. The lowest BCUT2D eigenvalue weighted by molar-refractivity contribution is -0.130. The van der Waals surface area contributed by atoms with Crippen LogP contribution in [0.25, 0.3) is 0 Å². The molecule has 0 aromatic rings. The van der Waals surface area contributed by atoms with Crippen LogP contribution in [0.2, 0.25) is 0 Å². The average Bonchev–Trinajstić information content (AvgIpc) is 2.37. The Bertz CT molecular complexity index is 328. The quantitative estimate of drug-likeness (QED) is 0.709. The average molecular weight is 298 g/mol. The van der Waals surface area contributed by atoms with Crippen molar-refractivity contribution in [1.29, 1.82) is 0 Å². The van der Waals surface area contributed by atoms with Crippen molar-refractivity contribution in [3.8, 4) is 0 Å². The van der Waals surface area contributed by atoms with Crippen molar-refractivity contribution in [2.45, 2.75) is 24.6 Å². The molecule has 1 unspecified atom stereocenters. The Morgan fingerprint density at radius 3 is 2.67 bits per heavy atom. The van der Waals surface area contributed by atoms with E-state index in [4.69, 9.17) is 0 Å². The highest BCUT2D eigenvalue weighted by molar-refractivity contribution is 9.10. The summed E-state index contributed by atoms with van der Waals surface area (Å²) in [6.07, 6.45) is 1.28. The van der Waals surface area contributed by atoms with Crippen LogP contribution in [-0.2, 0) is 14.6 Å². The summed E-state index contributed by atoms with van der Waals surface area (Å²) < 4.78 is 22.7. The van der Waals surface area contributed by atoms with Gasteiger partial charge in [-0.3, -0.25) is 4.79 Å². The predicted octanol–water partition coefficient (Wildman–Crippen LogP) is 0.807. The van der Waals surface area contributed by atoms with E-state index in [1.165, 1.54) is 0 Å². The van der Waals surface area contributed by atoms with Crippen LogP contribution in [0.15, 0.2) is 0 Å². The van der Waals surface area contributed by atoms with E-state index in [0.717, 1.165) is 6.42 Å². The molecular formula is C9H16BrNO3S. The van der Waals surface area contributed by atoms with Gasteiger partial charge in [-0.15, -0.1) is 0 Å². The first-order valence-corrected chi connectivity index (χ1v) is 7.83. The third kappa shape index (κ3) is 3.75. The number of hydrogen-bond donors (Lipinski definition) is 0. The summed E-state index contributed by atoms with van der Waals surface area (Å²) in [5, 5.41) is 0. The summed E-state index contributed by atoms with van der Waals surface area (Å²) in [6, 6.07) is 0. The molecule has 0 aliphatic carbocycles. The fraction of sp³-hybridized carbons (Fsp3) is 0.889. The van der Waals surface area contributed by atoms with E-state index in [2.05, 4.69) is 15.9 Å². The molecule has 1 aliphatic rings. The Hall–Kier alpha value is -0.100. The third-order valence-corrected chi connectivity index (χ3v) is 5.25. The van der Waals surface area contributed by atoms with Crippen LogP contribution in [0, 0.1) is 0 Å². The molecule has 6 heteroatoms. The number of halogens is 1. The van der Waals surface area contributed by atoms with E-state index in [1.54, 1.807) is 4.90 Å². The maximum absolute atomic E-state index is 11.8. The van der Waals surface area contributed by atoms with Crippen molar-refractivity contribution < 1.29 is 13.2 Å². The predicted molar refractivity (Wildman–Crippen MR) is 62.9 cm³/mol.